The summed E-state index contributed by atoms with van der Waals surface area (Å²) in [5, 5.41) is 13.9. The van der Waals surface area contributed by atoms with E-state index in [1.54, 1.807) is 24.3 Å². The van der Waals surface area contributed by atoms with Crippen LogP contribution in [-0.4, -0.2) is 23.3 Å². The van der Waals surface area contributed by atoms with Gasteiger partial charge in [-0.05, 0) is 55.0 Å². The van der Waals surface area contributed by atoms with Crippen molar-refractivity contribution in [2.45, 2.75) is 31.7 Å². The number of benzene rings is 2. The molecule has 0 saturated heterocycles. The van der Waals surface area contributed by atoms with Crippen molar-refractivity contribution in [2.75, 3.05) is 5.06 Å². The van der Waals surface area contributed by atoms with E-state index in [2.05, 4.69) is 5.32 Å². The second-order valence-electron chi connectivity index (χ2n) is 6.74. The molecule has 2 aliphatic rings. The molecule has 2 aromatic carbocycles. The predicted octanol–water partition coefficient (Wildman–Crippen LogP) is 3.62. The summed E-state index contributed by atoms with van der Waals surface area (Å²) >= 11 is 0. The van der Waals surface area contributed by atoms with Crippen molar-refractivity contribution >= 4 is 17.8 Å². The molecule has 2 aromatic rings. The van der Waals surface area contributed by atoms with Crippen LogP contribution in [0.5, 0.6) is 5.75 Å². The summed E-state index contributed by atoms with van der Waals surface area (Å²) in [4.78, 5) is 29.5. The third-order valence-corrected chi connectivity index (χ3v) is 4.84. The molecule has 7 heteroatoms. The predicted molar refractivity (Wildman–Crippen MR) is 102 cm³/mol. The Hall–Kier alpha value is -3.48. The van der Waals surface area contributed by atoms with Gasteiger partial charge in [0, 0.05) is 0 Å². The lowest BCUT2D eigenvalue weighted by Crippen LogP contribution is -2.44. The number of carbonyl (C=O) groups is 2. The van der Waals surface area contributed by atoms with Crippen LogP contribution in [0.2, 0.25) is 0 Å². The molecule has 0 amide bonds. The van der Waals surface area contributed by atoms with E-state index in [0.29, 0.717) is 30.1 Å². The van der Waals surface area contributed by atoms with Crippen LogP contribution in [0.25, 0.3) is 0 Å². The van der Waals surface area contributed by atoms with E-state index >= 15 is 0 Å². The number of nitrogens with zero attached hydrogens (tertiary/aromatic N) is 1. The molecular formula is C21H20N2O5. The van der Waals surface area contributed by atoms with Gasteiger partial charge in [0.1, 0.15) is 17.6 Å². The van der Waals surface area contributed by atoms with Crippen molar-refractivity contribution in [3.63, 3.8) is 0 Å². The van der Waals surface area contributed by atoms with Gasteiger partial charge in [0.2, 0.25) is 0 Å². The van der Waals surface area contributed by atoms with Crippen LogP contribution >= 0.6 is 0 Å². The zero-order chi connectivity index (χ0) is 19.5. The molecule has 4 rings (SSSR count). The summed E-state index contributed by atoms with van der Waals surface area (Å²) < 4.78 is 5.25. The van der Waals surface area contributed by atoms with Gasteiger partial charge in [0.25, 0.3) is 0 Å². The van der Waals surface area contributed by atoms with Gasteiger partial charge in [0.15, 0.2) is 0 Å². The smallest absolute Gasteiger partial charge is 0.480 e. The first-order valence-electron chi connectivity index (χ1n) is 9.16. The lowest BCUT2D eigenvalue weighted by atomic mass is 9.96. The summed E-state index contributed by atoms with van der Waals surface area (Å²) in [6.07, 6.45) is 1.76. The summed E-state index contributed by atoms with van der Waals surface area (Å²) in [5.74, 6) is -0.0581. The first kappa shape index (κ1) is 17.9. The average Bonchev–Trinajstić information content (AvgIpc) is 2.91. The van der Waals surface area contributed by atoms with Crippen LogP contribution in [0.15, 0.2) is 66.0 Å². The van der Waals surface area contributed by atoms with Gasteiger partial charge in [0.05, 0.1) is 5.69 Å². The number of para-hydroxylation sites is 2. The number of fused-ring (bicyclic) bond motifs is 1. The first-order chi connectivity index (χ1) is 13.6. The summed E-state index contributed by atoms with van der Waals surface area (Å²) in [5.41, 5.74) is 2.70. The quantitative estimate of drug-likeness (QED) is 0.621. The van der Waals surface area contributed by atoms with Crippen LogP contribution in [-0.2, 0) is 16.1 Å². The molecule has 1 unspecified atom stereocenters. The molecule has 28 heavy (non-hydrogen) atoms. The average molecular weight is 380 g/mol. The Morgan fingerprint density at radius 3 is 2.61 bits per heavy atom. The number of hydroxylamine groups is 1. The van der Waals surface area contributed by atoms with E-state index in [9.17, 15) is 14.7 Å². The highest BCUT2D eigenvalue weighted by Gasteiger charge is 2.33. The van der Waals surface area contributed by atoms with Crippen molar-refractivity contribution in [1.29, 1.82) is 0 Å². The number of rotatable bonds is 3. The molecule has 0 aromatic heterocycles. The Labute approximate surface area is 162 Å². The maximum Gasteiger partial charge on any atom is 0.539 e. The van der Waals surface area contributed by atoms with E-state index in [1.807, 2.05) is 30.3 Å². The van der Waals surface area contributed by atoms with Crippen molar-refractivity contribution in [3.05, 3.63) is 71.6 Å². The zero-order valence-corrected chi connectivity index (χ0v) is 15.1. The highest BCUT2D eigenvalue weighted by molar-refractivity contribution is 5.75. The number of allylic oxidation sites excluding steroid dienone is 1. The van der Waals surface area contributed by atoms with E-state index in [1.165, 1.54) is 5.06 Å². The Morgan fingerprint density at radius 2 is 1.82 bits per heavy atom. The number of hydrogen-bond donors (Lipinski definition) is 2. The minimum atomic E-state index is -0.931. The van der Waals surface area contributed by atoms with E-state index in [4.69, 9.17) is 9.57 Å². The van der Waals surface area contributed by atoms with Crippen molar-refractivity contribution in [3.8, 4) is 5.75 Å². The van der Waals surface area contributed by atoms with E-state index < -0.39 is 18.2 Å². The number of carboxylic acids is 1. The van der Waals surface area contributed by atoms with Gasteiger partial charge in [-0.3, -0.25) is 4.84 Å². The number of carboxylic acid groups (broad SMARTS) is 1. The van der Waals surface area contributed by atoms with Crippen LogP contribution in [0.3, 0.4) is 0 Å². The Kier molecular flexibility index (Phi) is 4.89. The van der Waals surface area contributed by atoms with Crippen LogP contribution < -0.4 is 15.1 Å². The summed E-state index contributed by atoms with van der Waals surface area (Å²) in [6, 6.07) is 15.5. The number of aliphatic carboxylic acids is 1. The fourth-order valence-electron chi connectivity index (χ4n) is 3.52. The monoisotopic (exact) mass is 380 g/mol. The SMILES string of the molecule is O=C(Oc1ccccc1)ON1C2=C(CCCC(C(=O)O)N2)Cc2ccccc21. The fourth-order valence-corrected chi connectivity index (χ4v) is 3.52. The molecule has 0 radical (unpaired) electrons. The van der Waals surface area contributed by atoms with Gasteiger partial charge in [-0.25, -0.2) is 9.59 Å². The summed E-state index contributed by atoms with van der Waals surface area (Å²) in [6.45, 7) is 0. The first-order valence-corrected chi connectivity index (χ1v) is 9.16. The number of ether oxygens (including phenoxy) is 1. The Balaban J connectivity index is 1.64. The molecule has 0 spiro atoms. The Bertz CT molecular complexity index is 925. The van der Waals surface area contributed by atoms with Crippen molar-refractivity contribution in [1.82, 2.24) is 5.32 Å². The van der Waals surface area contributed by atoms with Gasteiger partial charge >= 0.3 is 12.1 Å². The molecular weight excluding hydrogens is 360 g/mol. The van der Waals surface area contributed by atoms with Gasteiger partial charge in [-0.15, -0.1) is 0 Å². The molecule has 7 nitrogen and oxygen atoms in total. The molecule has 144 valence electrons. The number of carbonyl (C=O) groups excluding carboxylic acids is 1. The number of anilines is 1. The van der Waals surface area contributed by atoms with E-state index in [-0.39, 0.29) is 0 Å². The number of hydrogen-bond acceptors (Lipinski definition) is 6. The Morgan fingerprint density at radius 1 is 1.07 bits per heavy atom. The molecule has 2 aliphatic heterocycles. The topological polar surface area (TPSA) is 88.1 Å². The molecule has 1 atom stereocenters. The maximum absolute atomic E-state index is 12.4. The lowest BCUT2D eigenvalue weighted by molar-refractivity contribution is -0.139. The van der Waals surface area contributed by atoms with Crippen molar-refractivity contribution < 1.29 is 24.3 Å². The zero-order valence-electron chi connectivity index (χ0n) is 15.1. The molecule has 0 aliphatic carbocycles. The fraction of sp³-hybridized carbons (Fsp3) is 0.238. The third kappa shape index (κ3) is 3.64. The van der Waals surface area contributed by atoms with Crippen molar-refractivity contribution in [2.24, 2.45) is 0 Å². The second-order valence-corrected chi connectivity index (χ2v) is 6.74. The standard InChI is InChI=1S/C21H20N2O5/c24-20(25)17-11-6-8-15-13-14-7-4-5-12-18(14)23(19(15)22-17)28-21(26)27-16-9-2-1-3-10-16/h1-5,7,9-10,12,17,22H,6,8,11,13H2,(H,24,25). The van der Waals surface area contributed by atoms with Gasteiger partial charge in [-0.2, -0.15) is 5.06 Å². The molecule has 2 N–H and O–H groups in total. The minimum absolute atomic E-state index is 0.365. The molecule has 0 bridgehead atoms. The highest BCUT2D eigenvalue weighted by atomic mass is 16.8. The highest BCUT2D eigenvalue weighted by Crippen LogP contribution is 2.36. The molecule has 0 saturated carbocycles. The van der Waals surface area contributed by atoms with Crippen LogP contribution in [0.4, 0.5) is 10.5 Å². The minimum Gasteiger partial charge on any atom is -0.480 e. The van der Waals surface area contributed by atoms with Gasteiger partial charge in [-0.1, -0.05) is 36.4 Å². The largest absolute Gasteiger partial charge is 0.539 e. The maximum atomic E-state index is 12.4. The lowest BCUT2D eigenvalue weighted by Gasteiger charge is -2.33. The normalized spacial score (nSPS) is 18.3. The van der Waals surface area contributed by atoms with Gasteiger partial charge < -0.3 is 15.2 Å². The van der Waals surface area contributed by atoms with E-state index in [0.717, 1.165) is 24.0 Å². The second kappa shape index (κ2) is 7.64. The summed E-state index contributed by atoms with van der Waals surface area (Å²) in [7, 11) is 0. The molecule has 2 heterocycles. The van der Waals surface area contributed by atoms with Crippen LogP contribution in [0, 0.1) is 0 Å². The van der Waals surface area contributed by atoms with Crippen LogP contribution in [0.1, 0.15) is 24.8 Å². The number of nitrogens with one attached hydrogen (secondary N) is 1. The molecule has 0 fully saturated rings. The third-order valence-electron chi connectivity index (χ3n) is 4.84.